The predicted molar refractivity (Wildman–Crippen MR) is 54.7 cm³/mol. The van der Waals surface area contributed by atoms with Gasteiger partial charge in [0, 0.05) is 12.4 Å². The average Bonchev–Trinajstić information content (AvgIpc) is 2.62. The van der Waals surface area contributed by atoms with Gasteiger partial charge in [-0.1, -0.05) is 0 Å². The summed E-state index contributed by atoms with van der Waals surface area (Å²) in [6.45, 7) is 1.67. The van der Waals surface area contributed by atoms with Gasteiger partial charge < -0.3 is 15.8 Å². The van der Waals surface area contributed by atoms with E-state index in [0.717, 1.165) is 16.6 Å². The second kappa shape index (κ2) is 3.40. The molecule has 0 aliphatic heterocycles. The summed E-state index contributed by atoms with van der Waals surface area (Å²) in [5.74, 6) is 0. The molecule has 0 aliphatic rings. The zero-order valence-corrected chi connectivity index (χ0v) is 7.94. The van der Waals surface area contributed by atoms with Crippen molar-refractivity contribution in [2.75, 3.05) is 0 Å². The maximum Gasteiger partial charge on any atom is 0.0878 e. The Morgan fingerprint density at radius 2 is 2.36 bits per heavy atom. The summed E-state index contributed by atoms with van der Waals surface area (Å²) in [5, 5.41) is 9.33. The van der Waals surface area contributed by atoms with Crippen LogP contribution in [0.3, 0.4) is 0 Å². The molecule has 4 heteroatoms. The number of fused-ring (bicyclic) bond motifs is 1. The lowest BCUT2D eigenvalue weighted by Crippen LogP contribution is -2.23. The Kier molecular flexibility index (Phi) is 2.23. The van der Waals surface area contributed by atoms with Crippen molar-refractivity contribution in [1.29, 1.82) is 0 Å². The monoisotopic (exact) mass is 191 g/mol. The van der Waals surface area contributed by atoms with Gasteiger partial charge in [0.2, 0.25) is 0 Å². The minimum absolute atomic E-state index is 0.379. The van der Waals surface area contributed by atoms with E-state index >= 15 is 0 Å². The Hall–Kier alpha value is -1.39. The molecular formula is C10H13N3O. The maximum atomic E-state index is 9.33. The Labute approximate surface area is 81.8 Å². The number of aromatic amines is 1. The molecule has 2 atom stereocenters. The molecular weight excluding hydrogens is 178 g/mol. The van der Waals surface area contributed by atoms with E-state index in [0.29, 0.717) is 0 Å². The van der Waals surface area contributed by atoms with E-state index in [2.05, 4.69) is 9.97 Å². The molecule has 0 aliphatic carbocycles. The van der Waals surface area contributed by atoms with Crippen molar-refractivity contribution in [2.24, 2.45) is 5.73 Å². The molecule has 2 heterocycles. The van der Waals surface area contributed by atoms with E-state index in [-0.39, 0.29) is 6.04 Å². The fraction of sp³-hybridized carbons (Fsp3) is 0.300. The second-order valence-electron chi connectivity index (χ2n) is 3.45. The number of pyridine rings is 1. The lowest BCUT2D eigenvalue weighted by Gasteiger charge is -2.14. The van der Waals surface area contributed by atoms with E-state index in [4.69, 9.17) is 5.73 Å². The lowest BCUT2D eigenvalue weighted by atomic mass is 10.1. The molecule has 0 unspecified atom stereocenters. The molecule has 0 fully saturated rings. The number of rotatable bonds is 2. The van der Waals surface area contributed by atoms with Gasteiger partial charge in [-0.2, -0.15) is 0 Å². The first-order valence-electron chi connectivity index (χ1n) is 4.55. The van der Waals surface area contributed by atoms with E-state index in [1.165, 1.54) is 0 Å². The summed E-state index contributed by atoms with van der Waals surface area (Å²) in [7, 11) is 0. The third-order valence-corrected chi connectivity index (χ3v) is 2.32. The van der Waals surface area contributed by atoms with Gasteiger partial charge in [-0.25, -0.2) is 0 Å². The largest absolute Gasteiger partial charge is 0.391 e. The van der Waals surface area contributed by atoms with Crippen molar-refractivity contribution in [3.8, 4) is 0 Å². The number of H-pyrrole nitrogens is 1. The summed E-state index contributed by atoms with van der Waals surface area (Å²) in [6, 6.07) is 3.43. The quantitative estimate of drug-likeness (QED) is 0.661. The van der Waals surface area contributed by atoms with E-state index in [1.54, 1.807) is 13.1 Å². The van der Waals surface area contributed by atoms with Gasteiger partial charge in [-0.05, 0) is 24.6 Å². The highest BCUT2D eigenvalue weighted by Crippen LogP contribution is 2.17. The van der Waals surface area contributed by atoms with Crippen molar-refractivity contribution in [3.63, 3.8) is 0 Å². The zero-order chi connectivity index (χ0) is 10.1. The molecule has 74 valence electrons. The maximum absolute atomic E-state index is 9.33. The van der Waals surface area contributed by atoms with Gasteiger partial charge >= 0.3 is 0 Å². The second-order valence-corrected chi connectivity index (χ2v) is 3.45. The van der Waals surface area contributed by atoms with E-state index in [9.17, 15) is 5.11 Å². The van der Waals surface area contributed by atoms with E-state index in [1.807, 2.05) is 18.3 Å². The molecule has 2 aromatic rings. The molecule has 2 aromatic heterocycles. The SMILES string of the molecule is C[C@@H](O)[C@H](N)c1cnc2cc[nH]c2c1. The van der Waals surface area contributed by atoms with Gasteiger partial charge in [0.15, 0.2) is 0 Å². The standard InChI is InChI=1S/C10H13N3O/c1-6(14)10(11)7-4-9-8(13-5-7)2-3-12-9/h2-6,10,12,14H,11H2,1H3/t6-,10+/m1/s1. The molecule has 4 nitrogen and oxygen atoms in total. The molecule has 4 N–H and O–H groups in total. The lowest BCUT2D eigenvalue weighted by molar-refractivity contribution is 0.164. The Bertz CT molecular complexity index is 436. The molecule has 0 radical (unpaired) electrons. The van der Waals surface area contributed by atoms with Crippen LogP contribution >= 0.6 is 0 Å². The molecule has 0 amide bonds. The number of aliphatic hydroxyl groups is 1. The third kappa shape index (κ3) is 1.49. The normalized spacial score (nSPS) is 15.6. The van der Waals surface area contributed by atoms with Crippen molar-refractivity contribution in [1.82, 2.24) is 9.97 Å². The van der Waals surface area contributed by atoms with Crippen LogP contribution in [0.25, 0.3) is 11.0 Å². The number of nitrogens with zero attached hydrogens (tertiary/aromatic N) is 1. The van der Waals surface area contributed by atoms with Crippen LogP contribution in [-0.2, 0) is 0 Å². The third-order valence-electron chi connectivity index (χ3n) is 2.32. The molecule has 2 rings (SSSR count). The number of aromatic nitrogens is 2. The molecule has 0 bridgehead atoms. The van der Waals surface area contributed by atoms with Gasteiger partial charge in [0.25, 0.3) is 0 Å². The van der Waals surface area contributed by atoms with Crippen molar-refractivity contribution < 1.29 is 5.11 Å². The molecule has 14 heavy (non-hydrogen) atoms. The summed E-state index contributed by atoms with van der Waals surface area (Å²) in [4.78, 5) is 7.28. The minimum Gasteiger partial charge on any atom is -0.391 e. The first-order chi connectivity index (χ1) is 6.68. The van der Waals surface area contributed by atoms with Gasteiger partial charge in [-0.3, -0.25) is 4.98 Å². The summed E-state index contributed by atoms with van der Waals surface area (Å²) in [5.41, 5.74) is 8.49. The smallest absolute Gasteiger partial charge is 0.0878 e. The Morgan fingerprint density at radius 1 is 1.57 bits per heavy atom. The number of hydrogen-bond acceptors (Lipinski definition) is 3. The topological polar surface area (TPSA) is 74.9 Å². The predicted octanol–water partition coefficient (Wildman–Crippen LogP) is 0.944. The van der Waals surface area contributed by atoms with Crippen LogP contribution in [-0.4, -0.2) is 21.2 Å². The van der Waals surface area contributed by atoms with Crippen LogP contribution in [0.4, 0.5) is 0 Å². The fourth-order valence-electron chi connectivity index (χ4n) is 1.41. The first kappa shape index (κ1) is 9.18. The van der Waals surface area contributed by atoms with Gasteiger partial charge in [0.05, 0.1) is 23.2 Å². The van der Waals surface area contributed by atoms with Crippen LogP contribution in [0.2, 0.25) is 0 Å². The summed E-state index contributed by atoms with van der Waals surface area (Å²) < 4.78 is 0. The van der Waals surface area contributed by atoms with Gasteiger partial charge in [0.1, 0.15) is 0 Å². The van der Waals surface area contributed by atoms with Crippen LogP contribution in [0, 0.1) is 0 Å². The molecule has 0 spiro atoms. The summed E-state index contributed by atoms with van der Waals surface area (Å²) in [6.07, 6.45) is 2.97. The Balaban J connectivity index is 2.43. The first-order valence-corrected chi connectivity index (χ1v) is 4.55. The number of nitrogens with one attached hydrogen (secondary N) is 1. The van der Waals surface area contributed by atoms with Crippen molar-refractivity contribution >= 4 is 11.0 Å². The van der Waals surface area contributed by atoms with E-state index < -0.39 is 6.10 Å². The molecule has 0 aromatic carbocycles. The molecule has 0 saturated carbocycles. The molecule has 0 saturated heterocycles. The number of nitrogens with two attached hydrogens (primary N) is 1. The Morgan fingerprint density at radius 3 is 3.07 bits per heavy atom. The number of hydrogen-bond donors (Lipinski definition) is 3. The van der Waals surface area contributed by atoms with Gasteiger partial charge in [-0.15, -0.1) is 0 Å². The minimum atomic E-state index is -0.566. The summed E-state index contributed by atoms with van der Waals surface area (Å²) >= 11 is 0. The highest BCUT2D eigenvalue weighted by atomic mass is 16.3. The van der Waals surface area contributed by atoms with Crippen molar-refractivity contribution in [2.45, 2.75) is 19.1 Å². The van der Waals surface area contributed by atoms with Crippen LogP contribution in [0.15, 0.2) is 24.5 Å². The van der Waals surface area contributed by atoms with Crippen LogP contribution in [0.1, 0.15) is 18.5 Å². The van der Waals surface area contributed by atoms with Crippen molar-refractivity contribution in [3.05, 3.63) is 30.1 Å². The highest BCUT2D eigenvalue weighted by molar-refractivity contribution is 5.75. The fourth-order valence-corrected chi connectivity index (χ4v) is 1.41. The van der Waals surface area contributed by atoms with Crippen LogP contribution in [0.5, 0.6) is 0 Å². The number of aliphatic hydroxyl groups excluding tert-OH is 1. The highest BCUT2D eigenvalue weighted by Gasteiger charge is 2.12. The van der Waals surface area contributed by atoms with Crippen LogP contribution < -0.4 is 5.73 Å². The zero-order valence-electron chi connectivity index (χ0n) is 7.94. The average molecular weight is 191 g/mol.